The third kappa shape index (κ3) is 2.27. The maximum absolute atomic E-state index is 11.9. The third-order valence-corrected chi connectivity index (χ3v) is 2.94. The van der Waals surface area contributed by atoms with Crippen LogP contribution in [-0.4, -0.2) is 41.6 Å². The molecule has 5 nitrogen and oxygen atoms in total. The average molecular weight is 227 g/mol. The molecule has 1 amide bonds. The predicted molar refractivity (Wildman–Crippen MR) is 57.8 cm³/mol. The molecule has 1 aliphatic rings. The van der Waals surface area contributed by atoms with Crippen molar-refractivity contribution in [3.05, 3.63) is 11.1 Å². The van der Waals surface area contributed by atoms with Gasteiger partial charge in [-0.3, -0.25) is 4.79 Å². The van der Waals surface area contributed by atoms with Crippen molar-refractivity contribution in [3.63, 3.8) is 0 Å². The highest BCUT2D eigenvalue weighted by Gasteiger charge is 2.23. The summed E-state index contributed by atoms with van der Waals surface area (Å²) in [4.78, 5) is 17.6. The molecule has 6 heteroatoms. The van der Waals surface area contributed by atoms with Crippen molar-refractivity contribution in [1.82, 2.24) is 9.88 Å². The lowest BCUT2D eigenvalue weighted by atomic mass is 10.3. The van der Waals surface area contributed by atoms with E-state index in [1.807, 2.05) is 6.92 Å². The summed E-state index contributed by atoms with van der Waals surface area (Å²) in [7, 11) is 0. The molecule has 2 rings (SSSR count). The van der Waals surface area contributed by atoms with Crippen LogP contribution in [-0.2, 0) is 4.74 Å². The number of amides is 1. The Labute approximate surface area is 91.9 Å². The Morgan fingerprint density at radius 1 is 1.80 bits per heavy atom. The number of carbonyl (C=O) groups is 1. The van der Waals surface area contributed by atoms with Crippen LogP contribution >= 0.6 is 11.3 Å². The molecule has 0 bridgehead atoms. The summed E-state index contributed by atoms with van der Waals surface area (Å²) < 4.78 is 5.36. The average Bonchev–Trinajstić information content (AvgIpc) is 2.64. The van der Waals surface area contributed by atoms with Crippen LogP contribution in [0.2, 0.25) is 0 Å². The van der Waals surface area contributed by atoms with Gasteiger partial charge in [-0.15, -0.1) is 11.3 Å². The van der Waals surface area contributed by atoms with Gasteiger partial charge < -0.3 is 15.4 Å². The maximum atomic E-state index is 11.9. The van der Waals surface area contributed by atoms with Gasteiger partial charge in [-0.2, -0.15) is 0 Å². The van der Waals surface area contributed by atoms with Crippen LogP contribution in [0.1, 0.15) is 17.4 Å². The normalized spacial score (nSPS) is 21.7. The number of nitrogen functional groups attached to an aromatic ring is 1. The Kier molecular flexibility index (Phi) is 2.88. The molecule has 1 aromatic heterocycles. The zero-order valence-corrected chi connectivity index (χ0v) is 9.29. The van der Waals surface area contributed by atoms with E-state index in [1.165, 1.54) is 11.3 Å². The number of morpholine rings is 1. The van der Waals surface area contributed by atoms with Crippen molar-refractivity contribution in [3.8, 4) is 0 Å². The minimum atomic E-state index is -0.0573. The zero-order valence-electron chi connectivity index (χ0n) is 8.47. The second-order valence-corrected chi connectivity index (χ2v) is 4.39. The molecule has 1 atom stereocenters. The molecule has 1 aliphatic heterocycles. The lowest BCUT2D eigenvalue weighted by Crippen LogP contribution is -2.44. The van der Waals surface area contributed by atoms with Gasteiger partial charge in [0.15, 0.2) is 5.13 Å². The van der Waals surface area contributed by atoms with Crippen molar-refractivity contribution < 1.29 is 9.53 Å². The highest BCUT2D eigenvalue weighted by molar-refractivity contribution is 7.13. The predicted octanol–water partition coefficient (Wildman–Crippen LogP) is 0.586. The molecule has 1 fully saturated rings. The SMILES string of the molecule is CC1CN(C(=O)c2csc(N)n2)CCO1. The Hall–Kier alpha value is -1.14. The Morgan fingerprint density at radius 3 is 3.20 bits per heavy atom. The van der Waals surface area contributed by atoms with E-state index in [1.54, 1.807) is 10.3 Å². The molecule has 0 aromatic carbocycles. The van der Waals surface area contributed by atoms with E-state index >= 15 is 0 Å². The first-order valence-corrected chi connectivity index (χ1v) is 5.66. The fourth-order valence-corrected chi connectivity index (χ4v) is 2.09. The van der Waals surface area contributed by atoms with Crippen LogP contribution in [0.15, 0.2) is 5.38 Å². The monoisotopic (exact) mass is 227 g/mol. The Balaban J connectivity index is 2.07. The van der Waals surface area contributed by atoms with E-state index in [9.17, 15) is 4.79 Å². The Morgan fingerprint density at radius 2 is 2.60 bits per heavy atom. The first kappa shape index (κ1) is 10.4. The van der Waals surface area contributed by atoms with Crippen LogP contribution in [0.5, 0.6) is 0 Å². The third-order valence-electron chi connectivity index (χ3n) is 2.27. The van der Waals surface area contributed by atoms with Gasteiger partial charge >= 0.3 is 0 Å². The minimum Gasteiger partial charge on any atom is -0.375 e. The van der Waals surface area contributed by atoms with Gasteiger partial charge in [-0.1, -0.05) is 0 Å². The molecular weight excluding hydrogens is 214 g/mol. The summed E-state index contributed by atoms with van der Waals surface area (Å²) >= 11 is 1.29. The van der Waals surface area contributed by atoms with Crippen molar-refractivity contribution in [1.29, 1.82) is 0 Å². The standard InChI is InChI=1S/C9H13N3O2S/c1-6-4-12(2-3-14-6)8(13)7-5-15-9(10)11-7/h5-6H,2-4H2,1H3,(H2,10,11). The summed E-state index contributed by atoms with van der Waals surface area (Å²) in [6.07, 6.45) is 0.0960. The molecule has 2 heterocycles. The van der Waals surface area contributed by atoms with E-state index in [4.69, 9.17) is 10.5 Å². The van der Waals surface area contributed by atoms with E-state index in [2.05, 4.69) is 4.98 Å². The zero-order chi connectivity index (χ0) is 10.8. The molecule has 0 aliphatic carbocycles. The van der Waals surface area contributed by atoms with E-state index in [-0.39, 0.29) is 12.0 Å². The molecule has 0 saturated carbocycles. The minimum absolute atomic E-state index is 0.0573. The second kappa shape index (κ2) is 4.16. The molecular formula is C9H13N3O2S. The lowest BCUT2D eigenvalue weighted by Gasteiger charge is -2.30. The molecule has 1 aromatic rings. The summed E-state index contributed by atoms with van der Waals surface area (Å²) in [5.41, 5.74) is 5.92. The van der Waals surface area contributed by atoms with Crippen LogP contribution in [0, 0.1) is 0 Å². The summed E-state index contributed by atoms with van der Waals surface area (Å²) in [5.74, 6) is -0.0573. The van der Waals surface area contributed by atoms with Gasteiger partial charge in [0.05, 0.1) is 12.7 Å². The van der Waals surface area contributed by atoms with Crippen molar-refractivity contribution in [2.45, 2.75) is 13.0 Å². The number of hydrogen-bond donors (Lipinski definition) is 1. The summed E-state index contributed by atoms with van der Waals surface area (Å²) in [5, 5.41) is 2.12. The largest absolute Gasteiger partial charge is 0.375 e. The quantitative estimate of drug-likeness (QED) is 0.762. The maximum Gasteiger partial charge on any atom is 0.273 e. The van der Waals surface area contributed by atoms with Crippen molar-refractivity contribution in [2.75, 3.05) is 25.4 Å². The number of aromatic nitrogens is 1. The van der Waals surface area contributed by atoms with Gasteiger partial charge in [0.25, 0.3) is 5.91 Å². The number of nitrogens with two attached hydrogens (primary N) is 1. The van der Waals surface area contributed by atoms with Gasteiger partial charge in [0, 0.05) is 18.5 Å². The van der Waals surface area contributed by atoms with Crippen LogP contribution < -0.4 is 5.73 Å². The molecule has 15 heavy (non-hydrogen) atoms. The molecule has 2 N–H and O–H groups in total. The van der Waals surface area contributed by atoms with Gasteiger partial charge in [0.1, 0.15) is 5.69 Å². The lowest BCUT2D eigenvalue weighted by molar-refractivity contribution is -0.0126. The van der Waals surface area contributed by atoms with Crippen molar-refractivity contribution >= 4 is 22.4 Å². The number of hydrogen-bond acceptors (Lipinski definition) is 5. The number of nitrogens with zero attached hydrogens (tertiary/aromatic N) is 2. The number of anilines is 1. The number of ether oxygens (including phenoxy) is 1. The van der Waals surface area contributed by atoms with Crippen LogP contribution in [0.25, 0.3) is 0 Å². The summed E-state index contributed by atoms with van der Waals surface area (Å²) in [6.45, 7) is 3.79. The first-order valence-electron chi connectivity index (χ1n) is 4.78. The van der Waals surface area contributed by atoms with E-state index in [0.29, 0.717) is 30.5 Å². The topological polar surface area (TPSA) is 68.5 Å². The fraction of sp³-hybridized carbons (Fsp3) is 0.556. The smallest absolute Gasteiger partial charge is 0.273 e. The summed E-state index contributed by atoms with van der Waals surface area (Å²) in [6, 6.07) is 0. The van der Waals surface area contributed by atoms with Gasteiger partial charge in [-0.25, -0.2) is 4.98 Å². The van der Waals surface area contributed by atoms with Crippen molar-refractivity contribution in [2.24, 2.45) is 0 Å². The molecule has 0 radical (unpaired) electrons. The molecule has 1 unspecified atom stereocenters. The van der Waals surface area contributed by atoms with Crippen LogP contribution in [0.4, 0.5) is 5.13 Å². The van der Waals surface area contributed by atoms with E-state index < -0.39 is 0 Å². The van der Waals surface area contributed by atoms with Crippen LogP contribution in [0.3, 0.4) is 0 Å². The van der Waals surface area contributed by atoms with E-state index in [0.717, 1.165) is 0 Å². The van der Waals surface area contributed by atoms with Gasteiger partial charge in [0.2, 0.25) is 0 Å². The fourth-order valence-electron chi connectivity index (χ4n) is 1.55. The molecule has 1 saturated heterocycles. The first-order chi connectivity index (χ1) is 7.16. The number of carbonyl (C=O) groups excluding carboxylic acids is 1. The molecule has 0 spiro atoms. The van der Waals surface area contributed by atoms with Gasteiger partial charge in [-0.05, 0) is 6.92 Å². The molecule has 82 valence electrons. The Bertz CT molecular complexity index is 366. The second-order valence-electron chi connectivity index (χ2n) is 3.50. The number of thiazole rings is 1. The highest BCUT2D eigenvalue weighted by Crippen LogP contribution is 2.14. The highest BCUT2D eigenvalue weighted by atomic mass is 32.1. The number of rotatable bonds is 1.